The standard InChI is InChI=1S/C18H31NO5/c1-20-11-8-19(9-12-21-2)10-13-22-14-15-23-16-17-24-18-6-4-3-5-7-18/h3-7H,8-17H2,1-2H3. The van der Waals surface area contributed by atoms with Gasteiger partial charge in [-0.1, -0.05) is 18.2 Å². The summed E-state index contributed by atoms with van der Waals surface area (Å²) in [6, 6.07) is 9.73. The molecule has 138 valence electrons. The van der Waals surface area contributed by atoms with Gasteiger partial charge in [0.05, 0.1) is 39.6 Å². The Hall–Kier alpha value is -1.18. The normalized spacial score (nSPS) is 11.1. The molecule has 0 bridgehead atoms. The van der Waals surface area contributed by atoms with Crippen LogP contribution in [-0.4, -0.2) is 85.0 Å². The zero-order valence-electron chi connectivity index (χ0n) is 14.9. The van der Waals surface area contributed by atoms with Crippen LogP contribution >= 0.6 is 0 Å². The minimum Gasteiger partial charge on any atom is -0.491 e. The highest BCUT2D eigenvalue weighted by atomic mass is 16.5. The molecule has 0 amide bonds. The summed E-state index contributed by atoms with van der Waals surface area (Å²) < 4.78 is 26.9. The molecule has 6 nitrogen and oxygen atoms in total. The summed E-state index contributed by atoms with van der Waals surface area (Å²) >= 11 is 0. The first-order valence-electron chi connectivity index (χ1n) is 8.40. The molecule has 0 fully saturated rings. The Morgan fingerprint density at radius 1 is 0.667 bits per heavy atom. The summed E-state index contributed by atoms with van der Waals surface area (Å²) in [6.45, 7) is 7.02. The molecule has 0 unspecified atom stereocenters. The molecule has 0 N–H and O–H groups in total. The molecule has 1 aromatic rings. The van der Waals surface area contributed by atoms with Crippen LogP contribution in [0, 0.1) is 0 Å². The van der Waals surface area contributed by atoms with E-state index < -0.39 is 0 Å². The highest BCUT2D eigenvalue weighted by molar-refractivity contribution is 5.20. The molecule has 6 heteroatoms. The van der Waals surface area contributed by atoms with Crippen LogP contribution < -0.4 is 4.74 Å². The molecular weight excluding hydrogens is 310 g/mol. The molecule has 0 aliphatic carbocycles. The van der Waals surface area contributed by atoms with Gasteiger partial charge in [0.25, 0.3) is 0 Å². The van der Waals surface area contributed by atoms with Crippen LogP contribution in [0.4, 0.5) is 0 Å². The van der Waals surface area contributed by atoms with Crippen molar-refractivity contribution in [2.75, 3.05) is 80.1 Å². The molecule has 24 heavy (non-hydrogen) atoms. The second kappa shape index (κ2) is 15.4. The summed E-state index contributed by atoms with van der Waals surface area (Å²) in [5, 5.41) is 0. The van der Waals surface area contributed by atoms with Gasteiger partial charge in [-0.2, -0.15) is 0 Å². The van der Waals surface area contributed by atoms with Crippen LogP contribution in [0.25, 0.3) is 0 Å². The van der Waals surface area contributed by atoms with E-state index in [1.54, 1.807) is 14.2 Å². The predicted octanol–water partition coefficient (Wildman–Crippen LogP) is 1.69. The van der Waals surface area contributed by atoms with Gasteiger partial charge in [0.1, 0.15) is 12.4 Å². The smallest absolute Gasteiger partial charge is 0.119 e. The monoisotopic (exact) mass is 341 g/mol. The maximum atomic E-state index is 5.60. The third-order valence-corrected chi connectivity index (χ3v) is 3.39. The molecule has 0 aliphatic rings. The van der Waals surface area contributed by atoms with Gasteiger partial charge in [-0.25, -0.2) is 0 Å². The first-order chi connectivity index (χ1) is 11.9. The molecule has 0 saturated heterocycles. The Morgan fingerprint density at radius 2 is 1.21 bits per heavy atom. The van der Waals surface area contributed by atoms with Gasteiger partial charge in [-0.15, -0.1) is 0 Å². The van der Waals surface area contributed by atoms with Crippen LogP contribution in [0.3, 0.4) is 0 Å². The van der Waals surface area contributed by atoms with E-state index in [9.17, 15) is 0 Å². The topological polar surface area (TPSA) is 49.4 Å². The number of hydrogen-bond acceptors (Lipinski definition) is 6. The van der Waals surface area contributed by atoms with Crippen molar-refractivity contribution in [1.29, 1.82) is 0 Å². The molecule has 0 aliphatic heterocycles. The average molecular weight is 341 g/mol. The fraction of sp³-hybridized carbons (Fsp3) is 0.667. The van der Waals surface area contributed by atoms with Crippen molar-refractivity contribution < 1.29 is 23.7 Å². The third kappa shape index (κ3) is 11.4. The van der Waals surface area contributed by atoms with Crippen LogP contribution in [0.1, 0.15) is 0 Å². The van der Waals surface area contributed by atoms with E-state index in [1.807, 2.05) is 30.3 Å². The molecule has 1 aromatic carbocycles. The van der Waals surface area contributed by atoms with Gasteiger partial charge in [0.15, 0.2) is 0 Å². The molecule has 1 rings (SSSR count). The number of benzene rings is 1. The van der Waals surface area contributed by atoms with E-state index in [0.717, 1.165) is 25.4 Å². The van der Waals surface area contributed by atoms with Crippen LogP contribution in [0.5, 0.6) is 5.75 Å². The molecule has 0 atom stereocenters. The van der Waals surface area contributed by atoms with Crippen LogP contribution in [0.2, 0.25) is 0 Å². The Balaban J connectivity index is 1.92. The lowest BCUT2D eigenvalue weighted by molar-refractivity contribution is 0.0244. The zero-order chi connectivity index (χ0) is 17.3. The Labute approximate surface area is 145 Å². The summed E-state index contributed by atoms with van der Waals surface area (Å²) in [5.74, 6) is 0.865. The van der Waals surface area contributed by atoms with Gasteiger partial charge in [0, 0.05) is 33.9 Å². The lowest BCUT2D eigenvalue weighted by Gasteiger charge is -2.21. The Kier molecular flexibility index (Phi) is 13.3. The van der Waals surface area contributed by atoms with E-state index in [4.69, 9.17) is 23.7 Å². The number of nitrogens with zero attached hydrogens (tertiary/aromatic N) is 1. The molecule has 0 radical (unpaired) electrons. The maximum absolute atomic E-state index is 5.60. The minimum atomic E-state index is 0.547. The van der Waals surface area contributed by atoms with Crippen molar-refractivity contribution in [1.82, 2.24) is 4.90 Å². The zero-order valence-corrected chi connectivity index (χ0v) is 14.9. The van der Waals surface area contributed by atoms with Crippen LogP contribution in [-0.2, 0) is 18.9 Å². The first kappa shape index (κ1) is 20.9. The van der Waals surface area contributed by atoms with Crippen molar-refractivity contribution in [3.63, 3.8) is 0 Å². The second-order valence-electron chi connectivity index (χ2n) is 5.21. The van der Waals surface area contributed by atoms with E-state index in [0.29, 0.717) is 46.2 Å². The third-order valence-electron chi connectivity index (χ3n) is 3.39. The van der Waals surface area contributed by atoms with Gasteiger partial charge in [-0.05, 0) is 12.1 Å². The number of hydrogen-bond donors (Lipinski definition) is 0. The summed E-state index contributed by atoms with van der Waals surface area (Å²) in [7, 11) is 3.42. The molecule has 0 saturated carbocycles. The van der Waals surface area contributed by atoms with Gasteiger partial charge >= 0.3 is 0 Å². The molecule has 0 aromatic heterocycles. The van der Waals surface area contributed by atoms with Crippen molar-refractivity contribution in [3.05, 3.63) is 30.3 Å². The van der Waals surface area contributed by atoms with E-state index in [-0.39, 0.29) is 0 Å². The molecule has 0 spiro atoms. The molecule has 0 heterocycles. The lowest BCUT2D eigenvalue weighted by atomic mass is 10.3. The SMILES string of the molecule is COCCN(CCOC)CCOCCOCCOc1ccccc1. The number of ether oxygens (including phenoxy) is 5. The predicted molar refractivity (Wildman–Crippen MR) is 93.8 cm³/mol. The fourth-order valence-electron chi connectivity index (χ4n) is 2.03. The van der Waals surface area contributed by atoms with Crippen molar-refractivity contribution in [3.8, 4) is 5.75 Å². The van der Waals surface area contributed by atoms with Gasteiger partial charge in [-0.3, -0.25) is 4.90 Å². The molecular formula is C18H31NO5. The Morgan fingerprint density at radius 3 is 1.83 bits per heavy atom. The van der Waals surface area contributed by atoms with Gasteiger partial charge in [0.2, 0.25) is 0 Å². The number of rotatable bonds is 16. The van der Waals surface area contributed by atoms with Crippen molar-refractivity contribution in [2.24, 2.45) is 0 Å². The van der Waals surface area contributed by atoms with Crippen molar-refractivity contribution in [2.45, 2.75) is 0 Å². The Bertz CT molecular complexity index is 369. The van der Waals surface area contributed by atoms with E-state index in [2.05, 4.69) is 4.90 Å². The van der Waals surface area contributed by atoms with E-state index >= 15 is 0 Å². The average Bonchev–Trinajstić information content (AvgIpc) is 2.62. The first-order valence-corrected chi connectivity index (χ1v) is 8.40. The van der Waals surface area contributed by atoms with Crippen molar-refractivity contribution >= 4 is 0 Å². The van der Waals surface area contributed by atoms with Gasteiger partial charge < -0.3 is 23.7 Å². The second-order valence-corrected chi connectivity index (χ2v) is 5.21. The fourth-order valence-corrected chi connectivity index (χ4v) is 2.03. The quantitative estimate of drug-likeness (QED) is 0.427. The lowest BCUT2D eigenvalue weighted by Crippen LogP contribution is -2.33. The summed E-state index contributed by atoms with van der Waals surface area (Å²) in [6.07, 6.45) is 0. The summed E-state index contributed by atoms with van der Waals surface area (Å²) in [5.41, 5.74) is 0. The summed E-state index contributed by atoms with van der Waals surface area (Å²) in [4.78, 5) is 2.27. The largest absolute Gasteiger partial charge is 0.491 e. The highest BCUT2D eigenvalue weighted by Gasteiger charge is 2.04. The van der Waals surface area contributed by atoms with Crippen LogP contribution in [0.15, 0.2) is 30.3 Å². The maximum Gasteiger partial charge on any atom is 0.119 e. The van der Waals surface area contributed by atoms with E-state index in [1.165, 1.54) is 0 Å². The highest BCUT2D eigenvalue weighted by Crippen LogP contribution is 2.07. The minimum absolute atomic E-state index is 0.547. The number of methoxy groups -OCH3 is 2. The number of para-hydroxylation sites is 1.